The second kappa shape index (κ2) is 7.76. The topological polar surface area (TPSA) is 17.1 Å². The largest absolute Gasteiger partial charge is 0.279 e. The lowest BCUT2D eigenvalue weighted by Gasteiger charge is -2.03. The van der Waals surface area contributed by atoms with Gasteiger partial charge in [-0.1, -0.05) is 84.8 Å². The highest BCUT2D eigenvalue weighted by Crippen LogP contribution is 2.19. The van der Waals surface area contributed by atoms with Crippen LogP contribution >= 0.6 is 0 Å². The van der Waals surface area contributed by atoms with Gasteiger partial charge in [-0.2, -0.15) is 0 Å². The summed E-state index contributed by atoms with van der Waals surface area (Å²) in [5, 5.41) is 0. The Labute approximate surface area is 142 Å². The van der Waals surface area contributed by atoms with Crippen LogP contribution in [0.4, 0.5) is 0 Å². The van der Waals surface area contributed by atoms with E-state index in [1.165, 1.54) is 0 Å². The second-order valence-corrected chi connectivity index (χ2v) is 5.28. The maximum atomic E-state index is 12.7. The minimum absolute atomic E-state index is 0.186. The maximum Gasteiger partial charge on any atom is 0.236 e. The van der Waals surface area contributed by atoms with Crippen LogP contribution in [0.15, 0.2) is 91.0 Å². The number of hydrogen-bond acceptors (Lipinski definition) is 1. The molecule has 0 radical (unpaired) electrons. The molecule has 0 aliphatic rings. The van der Waals surface area contributed by atoms with E-state index in [-0.39, 0.29) is 5.78 Å². The summed E-state index contributed by atoms with van der Waals surface area (Å²) in [6.07, 6.45) is 1.89. The lowest BCUT2D eigenvalue weighted by atomic mass is 9.99. The summed E-state index contributed by atoms with van der Waals surface area (Å²) in [6.45, 7) is 0. The summed E-state index contributed by atoms with van der Waals surface area (Å²) >= 11 is 0. The normalized spacial score (nSPS) is 10.6. The summed E-state index contributed by atoms with van der Waals surface area (Å²) in [5.74, 6) is 5.51. The van der Waals surface area contributed by atoms with Crippen molar-refractivity contribution in [3.8, 4) is 11.8 Å². The van der Waals surface area contributed by atoms with Crippen LogP contribution in [0.2, 0.25) is 0 Å². The molecule has 0 amide bonds. The molecule has 0 spiro atoms. The van der Waals surface area contributed by atoms with Gasteiger partial charge in [-0.3, -0.25) is 4.79 Å². The molecule has 1 heteroatoms. The third kappa shape index (κ3) is 4.09. The first-order valence-corrected chi connectivity index (χ1v) is 7.76. The van der Waals surface area contributed by atoms with Gasteiger partial charge in [0.05, 0.1) is 0 Å². The van der Waals surface area contributed by atoms with Gasteiger partial charge in [0.1, 0.15) is 0 Å². The van der Waals surface area contributed by atoms with Crippen molar-refractivity contribution in [2.45, 2.75) is 0 Å². The fourth-order valence-corrected chi connectivity index (χ4v) is 2.33. The fourth-order valence-electron chi connectivity index (χ4n) is 2.33. The van der Waals surface area contributed by atoms with E-state index in [9.17, 15) is 4.79 Å². The smallest absolute Gasteiger partial charge is 0.236 e. The second-order valence-electron chi connectivity index (χ2n) is 5.28. The molecule has 0 unspecified atom stereocenters. The molecule has 3 rings (SSSR count). The van der Waals surface area contributed by atoms with E-state index in [0.29, 0.717) is 5.57 Å². The molecule has 0 heterocycles. The van der Waals surface area contributed by atoms with Crippen LogP contribution in [0, 0.1) is 11.8 Å². The first kappa shape index (κ1) is 15.5. The lowest BCUT2D eigenvalue weighted by Crippen LogP contribution is -1.98. The van der Waals surface area contributed by atoms with Crippen molar-refractivity contribution in [2.24, 2.45) is 0 Å². The molecule has 0 atom stereocenters. The zero-order valence-electron chi connectivity index (χ0n) is 13.1. The van der Waals surface area contributed by atoms with Gasteiger partial charge in [-0.25, -0.2) is 0 Å². The van der Waals surface area contributed by atoms with Gasteiger partial charge in [0, 0.05) is 11.1 Å². The van der Waals surface area contributed by atoms with E-state index in [1.54, 1.807) is 0 Å². The molecule has 0 aliphatic carbocycles. The fraction of sp³-hybridized carbons (Fsp3) is 0. The lowest BCUT2D eigenvalue weighted by molar-refractivity contribution is -0.108. The SMILES string of the molecule is O=C(C#Cc1ccccc1)C(=Cc1ccccc1)c1ccccc1. The van der Waals surface area contributed by atoms with Crippen LogP contribution in [-0.4, -0.2) is 5.78 Å². The van der Waals surface area contributed by atoms with E-state index >= 15 is 0 Å². The Balaban J connectivity index is 1.98. The van der Waals surface area contributed by atoms with Gasteiger partial charge in [0.25, 0.3) is 0 Å². The zero-order valence-corrected chi connectivity index (χ0v) is 13.1. The summed E-state index contributed by atoms with van der Waals surface area (Å²) in [7, 11) is 0. The molecule has 24 heavy (non-hydrogen) atoms. The number of Topliss-reactive ketones (excluding diaryl/α,β-unsaturated/α-hetero) is 1. The van der Waals surface area contributed by atoms with Crippen LogP contribution in [0.3, 0.4) is 0 Å². The molecular weight excluding hydrogens is 292 g/mol. The molecule has 0 saturated carbocycles. The monoisotopic (exact) mass is 308 g/mol. The summed E-state index contributed by atoms with van der Waals surface area (Å²) in [6, 6.07) is 29.0. The minimum Gasteiger partial charge on any atom is -0.279 e. The summed E-state index contributed by atoms with van der Waals surface area (Å²) < 4.78 is 0. The van der Waals surface area contributed by atoms with Gasteiger partial charge >= 0.3 is 0 Å². The van der Waals surface area contributed by atoms with Crippen molar-refractivity contribution >= 4 is 17.4 Å². The minimum atomic E-state index is -0.186. The number of carbonyl (C=O) groups excluding carboxylic acids is 1. The average Bonchev–Trinajstić information content (AvgIpc) is 2.66. The Morgan fingerprint density at radius 1 is 0.708 bits per heavy atom. The molecule has 0 saturated heterocycles. The van der Waals surface area contributed by atoms with E-state index in [4.69, 9.17) is 0 Å². The number of ketones is 1. The van der Waals surface area contributed by atoms with Gasteiger partial charge in [-0.15, -0.1) is 0 Å². The molecule has 3 aromatic carbocycles. The molecular formula is C23H16O. The van der Waals surface area contributed by atoms with Gasteiger partial charge in [0.2, 0.25) is 5.78 Å². The van der Waals surface area contributed by atoms with Crippen molar-refractivity contribution in [3.05, 3.63) is 108 Å². The third-order valence-corrected chi connectivity index (χ3v) is 3.53. The molecule has 0 aliphatic heterocycles. The Morgan fingerprint density at radius 3 is 1.88 bits per heavy atom. The van der Waals surface area contributed by atoms with Crippen LogP contribution < -0.4 is 0 Å². The number of allylic oxidation sites excluding steroid dienone is 1. The number of carbonyl (C=O) groups is 1. The molecule has 0 bridgehead atoms. The van der Waals surface area contributed by atoms with Crippen LogP contribution in [0.25, 0.3) is 11.6 Å². The summed E-state index contributed by atoms with van der Waals surface area (Å²) in [5.41, 5.74) is 3.28. The highest BCUT2D eigenvalue weighted by Gasteiger charge is 2.09. The van der Waals surface area contributed by atoms with Gasteiger partial charge in [-0.05, 0) is 35.3 Å². The van der Waals surface area contributed by atoms with Crippen LogP contribution in [0.5, 0.6) is 0 Å². The van der Waals surface area contributed by atoms with E-state index in [0.717, 1.165) is 16.7 Å². The van der Waals surface area contributed by atoms with Gasteiger partial charge in [0.15, 0.2) is 0 Å². The highest BCUT2D eigenvalue weighted by molar-refractivity contribution is 6.32. The van der Waals surface area contributed by atoms with Crippen molar-refractivity contribution in [2.75, 3.05) is 0 Å². The Hall–Kier alpha value is -3.37. The van der Waals surface area contributed by atoms with Crippen molar-refractivity contribution in [3.63, 3.8) is 0 Å². The summed E-state index contributed by atoms with van der Waals surface area (Å²) in [4.78, 5) is 12.7. The quantitative estimate of drug-likeness (QED) is 0.384. The van der Waals surface area contributed by atoms with E-state index < -0.39 is 0 Å². The van der Waals surface area contributed by atoms with Crippen LogP contribution in [0.1, 0.15) is 16.7 Å². The zero-order chi connectivity index (χ0) is 16.6. The van der Waals surface area contributed by atoms with Gasteiger partial charge < -0.3 is 0 Å². The Bertz CT molecular complexity index is 896. The van der Waals surface area contributed by atoms with Crippen LogP contribution in [-0.2, 0) is 4.79 Å². The predicted molar refractivity (Wildman–Crippen MR) is 99.1 cm³/mol. The number of hydrogen-bond donors (Lipinski definition) is 0. The Morgan fingerprint density at radius 2 is 1.25 bits per heavy atom. The highest BCUT2D eigenvalue weighted by atomic mass is 16.1. The number of benzene rings is 3. The van der Waals surface area contributed by atoms with E-state index in [1.807, 2.05) is 97.1 Å². The van der Waals surface area contributed by atoms with Crippen molar-refractivity contribution < 1.29 is 4.79 Å². The molecule has 114 valence electrons. The average molecular weight is 308 g/mol. The maximum absolute atomic E-state index is 12.7. The van der Waals surface area contributed by atoms with Crippen molar-refractivity contribution in [1.82, 2.24) is 0 Å². The molecule has 0 N–H and O–H groups in total. The molecule has 0 fully saturated rings. The first-order chi connectivity index (χ1) is 11.8. The van der Waals surface area contributed by atoms with E-state index in [2.05, 4.69) is 11.8 Å². The third-order valence-electron chi connectivity index (χ3n) is 3.53. The van der Waals surface area contributed by atoms with Crippen molar-refractivity contribution in [1.29, 1.82) is 0 Å². The molecule has 0 aromatic heterocycles. The molecule has 1 nitrogen and oxygen atoms in total. The molecule has 3 aromatic rings. The standard InChI is InChI=1S/C23H16O/c24-23(17-16-19-10-4-1-5-11-19)22(21-14-8-3-9-15-21)18-20-12-6-2-7-13-20/h1-15,18H. The first-order valence-electron chi connectivity index (χ1n) is 7.76. The predicted octanol–water partition coefficient (Wildman–Crippen LogP) is 4.85. The Kier molecular flexibility index (Phi) is 5.02. The number of rotatable bonds is 3.